The van der Waals surface area contributed by atoms with E-state index < -0.39 is 46.8 Å². The third kappa shape index (κ3) is 6.65. The van der Waals surface area contributed by atoms with Crippen LogP contribution in [0.5, 0.6) is 0 Å². The van der Waals surface area contributed by atoms with Crippen LogP contribution in [0.2, 0.25) is 0 Å². The zero-order valence-corrected chi connectivity index (χ0v) is 20.8. The van der Waals surface area contributed by atoms with Gasteiger partial charge in [0.2, 0.25) is 0 Å². The Morgan fingerprint density at radius 3 is 1.61 bits per heavy atom. The van der Waals surface area contributed by atoms with Crippen molar-refractivity contribution in [2.24, 2.45) is 0 Å². The van der Waals surface area contributed by atoms with Gasteiger partial charge in [0.25, 0.3) is 0 Å². The highest BCUT2D eigenvalue weighted by Crippen LogP contribution is 2.39. The molecule has 11 heteroatoms. The maximum Gasteiger partial charge on any atom is 0.416 e. The monoisotopic (exact) mass is 539 g/mol. The number of benzene rings is 3. The molecule has 204 valence electrons. The number of hydrogen-bond acceptors (Lipinski definition) is 3. The van der Waals surface area contributed by atoms with E-state index in [0.717, 1.165) is 0 Å². The van der Waals surface area contributed by atoms with Crippen molar-refractivity contribution in [1.82, 2.24) is 10.2 Å². The van der Waals surface area contributed by atoms with Crippen LogP contribution in [0.3, 0.4) is 0 Å². The smallest absolute Gasteiger partial charge is 0.367 e. The molecule has 0 aliphatic rings. The molecule has 0 spiro atoms. The summed E-state index contributed by atoms with van der Waals surface area (Å²) in [4.78, 5) is 14.9. The zero-order chi connectivity index (χ0) is 28.1. The molecule has 38 heavy (non-hydrogen) atoms. The van der Waals surface area contributed by atoms with Crippen LogP contribution < -0.4 is 10.6 Å². The molecule has 0 aliphatic heterocycles. The number of rotatable bonds is 8. The Balaban J connectivity index is 2.04. The summed E-state index contributed by atoms with van der Waals surface area (Å²) in [5.74, 6) is 0. The molecule has 3 aromatic rings. The number of carbonyl (C=O) groups excluding carboxylic acids is 1. The van der Waals surface area contributed by atoms with Gasteiger partial charge in [-0.15, -0.1) is 0 Å². The van der Waals surface area contributed by atoms with Crippen LogP contribution in [0.1, 0.15) is 22.3 Å². The first kappa shape index (κ1) is 29.0. The number of anilines is 1. The van der Waals surface area contributed by atoms with E-state index in [2.05, 4.69) is 10.6 Å². The van der Waals surface area contributed by atoms with Crippen LogP contribution in [-0.4, -0.2) is 44.7 Å². The molecule has 0 saturated carbocycles. The topological polar surface area (TPSA) is 53.6 Å². The minimum absolute atomic E-state index is 0.00130. The van der Waals surface area contributed by atoms with Crippen LogP contribution in [0.15, 0.2) is 78.9 Å². The molecular weight excluding hydrogens is 512 g/mol. The second-order valence-electron chi connectivity index (χ2n) is 8.88. The number of likely N-dealkylation sites (N-methyl/N-ethyl adjacent to an activating group) is 1. The number of alkyl halides is 6. The largest absolute Gasteiger partial charge is 0.416 e. The molecule has 0 aliphatic carbocycles. The SMILES string of the molecule is COC(c1ccccc1)(c1ccccc1)[C@@H](CN(C)C)NC(=O)Nc1cc(C(F)(F)F)cc(C(F)(F)F)c1. The van der Waals surface area contributed by atoms with E-state index in [1.54, 1.807) is 67.5 Å². The molecule has 3 rings (SSSR count). The first-order valence-electron chi connectivity index (χ1n) is 11.5. The maximum atomic E-state index is 13.3. The fourth-order valence-electron chi connectivity index (χ4n) is 4.31. The molecule has 2 amide bonds. The first-order chi connectivity index (χ1) is 17.8. The molecule has 0 fully saturated rings. The van der Waals surface area contributed by atoms with Gasteiger partial charge in [0.1, 0.15) is 5.60 Å². The van der Waals surface area contributed by atoms with Crippen LogP contribution in [0.25, 0.3) is 0 Å². The van der Waals surface area contributed by atoms with Crippen LogP contribution >= 0.6 is 0 Å². The predicted molar refractivity (Wildman–Crippen MR) is 132 cm³/mol. The highest BCUT2D eigenvalue weighted by atomic mass is 19.4. The van der Waals surface area contributed by atoms with Gasteiger partial charge in [-0.2, -0.15) is 26.3 Å². The number of halogens is 6. The Bertz CT molecular complexity index is 1140. The van der Waals surface area contributed by atoms with Gasteiger partial charge >= 0.3 is 18.4 Å². The fraction of sp³-hybridized carbons (Fsp3) is 0.296. The summed E-state index contributed by atoms with van der Waals surface area (Å²) in [5, 5.41) is 4.87. The first-order valence-corrected chi connectivity index (χ1v) is 11.5. The van der Waals surface area contributed by atoms with Crippen molar-refractivity contribution in [3.8, 4) is 0 Å². The number of ether oxygens (including phenoxy) is 1. The van der Waals surface area contributed by atoms with E-state index in [1.165, 1.54) is 7.11 Å². The number of nitrogens with one attached hydrogen (secondary N) is 2. The Morgan fingerprint density at radius 2 is 1.24 bits per heavy atom. The van der Waals surface area contributed by atoms with Crippen molar-refractivity contribution in [2.45, 2.75) is 24.0 Å². The molecule has 0 radical (unpaired) electrons. The van der Waals surface area contributed by atoms with Crippen molar-refractivity contribution in [1.29, 1.82) is 0 Å². The Labute approximate surface area is 216 Å². The third-order valence-corrected chi connectivity index (χ3v) is 5.92. The molecule has 0 unspecified atom stereocenters. The summed E-state index contributed by atoms with van der Waals surface area (Å²) < 4.78 is 85.8. The lowest BCUT2D eigenvalue weighted by Gasteiger charge is -2.42. The number of methoxy groups -OCH3 is 1. The van der Waals surface area contributed by atoms with E-state index in [4.69, 9.17) is 4.74 Å². The normalized spacial score (nSPS) is 13.3. The van der Waals surface area contributed by atoms with Gasteiger partial charge in [-0.05, 0) is 43.4 Å². The lowest BCUT2D eigenvalue weighted by Crippen LogP contribution is -2.57. The molecule has 0 bridgehead atoms. The average Bonchev–Trinajstić information content (AvgIpc) is 2.84. The van der Waals surface area contributed by atoms with Gasteiger partial charge in [0.05, 0.1) is 17.2 Å². The Kier molecular flexibility index (Phi) is 8.73. The average molecular weight is 540 g/mol. The predicted octanol–water partition coefficient (Wildman–Crippen LogP) is 6.37. The molecule has 0 heterocycles. The summed E-state index contributed by atoms with van der Waals surface area (Å²) in [5.41, 5.74) is -3.62. The zero-order valence-electron chi connectivity index (χ0n) is 20.8. The quantitative estimate of drug-likeness (QED) is 0.328. The number of carbonyl (C=O) groups is 1. The van der Waals surface area contributed by atoms with Crippen molar-refractivity contribution in [2.75, 3.05) is 33.1 Å². The summed E-state index contributed by atoms with van der Waals surface area (Å²) in [6, 6.07) is 17.1. The van der Waals surface area contributed by atoms with Crippen LogP contribution in [-0.2, 0) is 22.7 Å². The summed E-state index contributed by atoms with van der Waals surface area (Å²) in [6.07, 6.45) is -10.1. The molecular formula is C27H27F6N3O2. The summed E-state index contributed by atoms with van der Waals surface area (Å²) in [6.45, 7) is 0.210. The van der Waals surface area contributed by atoms with Crippen molar-refractivity contribution in [3.05, 3.63) is 101 Å². The van der Waals surface area contributed by atoms with Gasteiger partial charge in [0.15, 0.2) is 0 Å². The van der Waals surface area contributed by atoms with Gasteiger partial charge in [0, 0.05) is 19.3 Å². The third-order valence-electron chi connectivity index (χ3n) is 5.92. The molecule has 3 aromatic carbocycles. The summed E-state index contributed by atoms with van der Waals surface area (Å²) in [7, 11) is 4.97. The molecule has 5 nitrogen and oxygen atoms in total. The second kappa shape index (κ2) is 11.4. The lowest BCUT2D eigenvalue weighted by molar-refractivity contribution is -0.143. The fourth-order valence-corrected chi connectivity index (χ4v) is 4.31. The Hall–Kier alpha value is -3.57. The Morgan fingerprint density at radius 1 is 0.789 bits per heavy atom. The van der Waals surface area contributed by atoms with E-state index in [9.17, 15) is 31.1 Å². The standard InChI is InChI=1S/C27H27F6N3O2/c1-36(2)17-23(25(38-3,18-10-6-4-7-11-18)19-12-8-5-9-13-19)35-24(37)34-22-15-20(26(28,29)30)14-21(16-22)27(31,32)33/h4-16,23H,17H2,1-3H3,(H2,34,35,37)/t23-/m1/s1. The van der Waals surface area contributed by atoms with Gasteiger partial charge in [-0.1, -0.05) is 60.7 Å². The van der Waals surface area contributed by atoms with Crippen molar-refractivity contribution >= 4 is 11.7 Å². The molecule has 0 saturated heterocycles. The molecule has 0 aromatic heterocycles. The highest BCUT2D eigenvalue weighted by molar-refractivity contribution is 5.90. The van der Waals surface area contributed by atoms with Crippen molar-refractivity contribution in [3.63, 3.8) is 0 Å². The number of amides is 2. The van der Waals surface area contributed by atoms with Crippen molar-refractivity contribution < 1.29 is 35.9 Å². The lowest BCUT2D eigenvalue weighted by atomic mass is 9.79. The van der Waals surface area contributed by atoms with Gasteiger partial charge < -0.3 is 20.3 Å². The number of nitrogens with zero attached hydrogens (tertiary/aromatic N) is 1. The number of urea groups is 1. The number of hydrogen-bond donors (Lipinski definition) is 2. The van der Waals surface area contributed by atoms with Gasteiger partial charge in [-0.3, -0.25) is 0 Å². The highest BCUT2D eigenvalue weighted by Gasteiger charge is 2.44. The van der Waals surface area contributed by atoms with E-state index in [-0.39, 0.29) is 12.6 Å². The minimum Gasteiger partial charge on any atom is -0.367 e. The van der Waals surface area contributed by atoms with E-state index in [0.29, 0.717) is 23.3 Å². The summed E-state index contributed by atoms with van der Waals surface area (Å²) >= 11 is 0. The van der Waals surface area contributed by atoms with E-state index >= 15 is 0 Å². The van der Waals surface area contributed by atoms with Crippen LogP contribution in [0.4, 0.5) is 36.8 Å². The maximum absolute atomic E-state index is 13.3. The molecule has 2 N–H and O–H groups in total. The molecule has 1 atom stereocenters. The second-order valence-corrected chi connectivity index (χ2v) is 8.88. The van der Waals surface area contributed by atoms with Gasteiger partial charge in [-0.25, -0.2) is 4.79 Å². The van der Waals surface area contributed by atoms with Crippen LogP contribution in [0, 0.1) is 0 Å². The minimum atomic E-state index is -5.05. The van der Waals surface area contributed by atoms with E-state index in [1.807, 2.05) is 12.1 Å².